The molecule has 0 aliphatic rings. The Morgan fingerprint density at radius 2 is 2.27 bits per heavy atom. The maximum absolute atomic E-state index is 5.03. The van der Waals surface area contributed by atoms with Gasteiger partial charge in [-0.1, -0.05) is 6.07 Å². The molecule has 2 heterocycles. The topological polar surface area (TPSA) is 26.5 Å². The van der Waals surface area contributed by atoms with Crippen LogP contribution in [0.1, 0.15) is 17.8 Å². The van der Waals surface area contributed by atoms with E-state index in [4.69, 9.17) is 4.74 Å². The standard InChI is InChI=1S/C12H16N2O/c1-10-5-3-7-12-13-11(9-14(10)12)6-4-8-15-2/h3,5,7,9H,4,6,8H2,1-2H3. The van der Waals surface area contributed by atoms with E-state index in [2.05, 4.69) is 28.6 Å². The van der Waals surface area contributed by atoms with Crippen LogP contribution in [-0.4, -0.2) is 23.1 Å². The van der Waals surface area contributed by atoms with E-state index >= 15 is 0 Å². The first-order chi connectivity index (χ1) is 7.31. The molecule has 0 aliphatic heterocycles. The molecule has 0 fully saturated rings. The first-order valence-electron chi connectivity index (χ1n) is 5.24. The molecule has 3 nitrogen and oxygen atoms in total. The van der Waals surface area contributed by atoms with Gasteiger partial charge in [0.2, 0.25) is 0 Å². The van der Waals surface area contributed by atoms with E-state index < -0.39 is 0 Å². The Morgan fingerprint density at radius 1 is 1.40 bits per heavy atom. The minimum atomic E-state index is 0.798. The number of aromatic nitrogens is 2. The van der Waals surface area contributed by atoms with Crippen LogP contribution in [0.4, 0.5) is 0 Å². The third-order valence-electron chi connectivity index (χ3n) is 2.53. The van der Waals surface area contributed by atoms with Crippen LogP contribution in [0.3, 0.4) is 0 Å². The lowest BCUT2D eigenvalue weighted by molar-refractivity contribution is 0.195. The Hall–Kier alpha value is -1.35. The molecule has 2 aromatic heterocycles. The van der Waals surface area contributed by atoms with Gasteiger partial charge in [-0.3, -0.25) is 0 Å². The third-order valence-corrected chi connectivity index (χ3v) is 2.53. The van der Waals surface area contributed by atoms with Gasteiger partial charge in [0.1, 0.15) is 5.65 Å². The maximum atomic E-state index is 5.03. The van der Waals surface area contributed by atoms with Crippen molar-refractivity contribution in [2.75, 3.05) is 13.7 Å². The van der Waals surface area contributed by atoms with Crippen molar-refractivity contribution in [2.45, 2.75) is 19.8 Å². The number of methoxy groups -OCH3 is 1. The zero-order valence-electron chi connectivity index (χ0n) is 9.23. The zero-order valence-corrected chi connectivity index (χ0v) is 9.23. The van der Waals surface area contributed by atoms with E-state index in [0.29, 0.717) is 0 Å². The Bertz CT molecular complexity index is 448. The first-order valence-corrected chi connectivity index (χ1v) is 5.24. The summed E-state index contributed by atoms with van der Waals surface area (Å²) in [6.45, 7) is 2.89. The molecule has 80 valence electrons. The summed E-state index contributed by atoms with van der Waals surface area (Å²) in [6, 6.07) is 6.16. The van der Waals surface area contributed by atoms with Gasteiger partial charge in [0.25, 0.3) is 0 Å². The highest BCUT2D eigenvalue weighted by molar-refractivity contribution is 5.41. The number of imidazole rings is 1. The van der Waals surface area contributed by atoms with Gasteiger partial charge in [0, 0.05) is 25.6 Å². The zero-order chi connectivity index (χ0) is 10.7. The molecule has 2 aromatic rings. The average Bonchev–Trinajstić information content (AvgIpc) is 2.63. The largest absolute Gasteiger partial charge is 0.385 e. The van der Waals surface area contributed by atoms with Crippen molar-refractivity contribution < 1.29 is 4.74 Å². The molecule has 0 saturated carbocycles. The SMILES string of the molecule is COCCCc1cn2c(C)cccc2n1. The molecular weight excluding hydrogens is 188 g/mol. The number of rotatable bonds is 4. The predicted octanol–water partition coefficient (Wildman–Crippen LogP) is 2.22. The van der Waals surface area contributed by atoms with Crippen molar-refractivity contribution in [1.29, 1.82) is 0 Å². The van der Waals surface area contributed by atoms with E-state index in [9.17, 15) is 0 Å². The molecule has 0 bridgehead atoms. The lowest BCUT2D eigenvalue weighted by Gasteiger charge is -1.96. The van der Waals surface area contributed by atoms with Crippen molar-refractivity contribution in [2.24, 2.45) is 0 Å². The quantitative estimate of drug-likeness (QED) is 0.714. The van der Waals surface area contributed by atoms with Gasteiger partial charge in [-0.15, -0.1) is 0 Å². The minimum Gasteiger partial charge on any atom is -0.385 e. The van der Waals surface area contributed by atoms with E-state index in [1.165, 1.54) is 5.69 Å². The van der Waals surface area contributed by atoms with Crippen LogP contribution >= 0.6 is 0 Å². The summed E-state index contributed by atoms with van der Waals surface area (Å²) >= 11 is 0. The fraction of sp³-hybridized carbons (Fsp3) is 0.417. The molecular formula is C12H16N2O. The van der Waals surface area contributed by atoms with Gasteiger partial charge in [0.05, 0.1) is 5.69 Å². The second-order valence-corrected chi connectivity index (χ2v) is 3.72. The molecule has 0 aromatic carbocycles. The molecule has 0 aliphatic carbocycles. The highest BCUT2D eigenvalue weighted by atomic mass is 16.5. The van der Waals surface area contributed by atoms with E-state index in [1.807, 2.05) is 12.1 Å². The molecule has 15 heavy (non-hydrogen) atoms. The summed E-state index contributed by atoms with van der Waals surface area (Å²) in [7, 11) is 1.73. The molecule has 2 rings (SSSR count). The highest BCUT2D eigenvalue weighted by Gasteiger charge is 2.02. The second kappa shape index (κ2) is 4.45. The van der Waals surface area contributed by atoms with Crippen LogP contribution in [0, 0.1) is 6.92 Å². The molecule has 0 unspecified atom stereocenters. The molecule has 0 saturated heterocycles. The summed E-state index contributed by atoms with van der Waals surface area (Å²) < 4.78 is 7.15. The van der Waals surface area contributed by atoms with Crippen LogP contribution in [0.2, 0.25) is 0 Å². The van der Waals surface area contributed by atoms with Crippen LogP contribution in [0.5, 0.6) is 0 Å². The molecule has 0 radical (unpaired) electrons. The number of hydrogen-bond acceptors (Lipinski definition) is 2. The second-order valence-electron chi connectivity index (χ2n) is 3.72. The van der Waals surface area contributed by atoms with Crippen molar-refractivity contribution in [1.82, 2.24) is 9.38 Å². The van der Waals surface area contributed by atoms with Crippen molar-refractivity contribution in [3.8, 4) is 0 Å². The number of hydrogen-bond donors (Lipinski definition) is 0. The highest BCUT2D eigenvalue weighted by Crippen LogP contribution is 2.09. The van der Waals surface area contributed by atoms with E-state index in [1.54, 1.807) is 7.11 Å². The average molecular weight is 204 g/mol. The third kappa shape index (κ3) is 2.18. The first kappa shape index (κ1) is 10.2. The van der Waals surface area contributed by atoms with E-state index in [-0.39, 0.29) is 0 Å². The van der Waals surface area contributed by atoms with Crippen LogP contribution in [0.15, 0.2) is 24.4 Å². The number of aryl methyl sites for hydroxylation is 2. The summed E-state index contributed by atoms with van der Waals surface area (Å²) in [6.07, 6.45) is 4.12. The Labute approximate surface area is 89.7 Å². The van der Waals surface area contributed by atoms with Crippen molar-refractivity contribution in [3.63, 3.8) is 0 Å². The normalized spacial score (nSPS) is 11.1. The summed E-state index contributed by atoms with van der Waals surface area (Å²) in [5.74, 6) is 0. The van der Waals surface area contributed by atoms with Gasteiger partial charge in [-0.2, -0.15) is 0 Å². The van der Waals surface area contributed by atoms with Crippen LogP contribution < -0.4 is 0 Å². The van der Waals surface area contributed by atoms with Crippen LogP contribution in [-0.2, 0) is 11.2 Å². The number of nitrogens with zero attached hydrogens (tertiary/aromatic N) is 2. The molecule has 0 amide bonds. The number of pyridine rings is 1. The Morgan fingerprint density at radius 3 is 3.00 bits per heavy atom. The summed E-state index contributed by atoms with van der Waals surface area (Å²) in [4.78, 5) is 4.55. The molecule has 0 spiro atoms. The van der Waals surface area contributed by atoms with Crippen molar-refractivity contribution in [3.05, 3.63) is 35.8 Å². The summed E-state index contributed by atoms with van der Waals surface area (Å²) in [5, 5.41) is 0. The number of fused-ring (bicyclic) bond motifs is 1. The number of ether oxygens (including phenoxy) is 1. The molecule has 0 N–H and O–H groups in total. The fourth-order valence-corrected chi connectivity index (χ4v) is 1.72. The van der Waals surface area contributed by atoms with E-state index in [0.717, 1.165) is 30.8 Å². The molecule has 3 heteroatoms. The van der Waals surface area contributed by atoms with Gasteiger partial charge in [-0.25, -0.2) is 4.98 Å². The lowest BCUT2D eigenvalue weighted by Crippen LogP contribution is -1.92. The maximum Gasteiger partial charge on any atom is 0.137 e. The Kier molecular flexibility index (Phi) is 3.02. The van der Waals surface area contributed by atoms with Crippen molar-refractivity contribution >= 4 is 5.65 Å². The van der Waals surface area contributed by atoms with Gasteiger partial charge in [-0.05, 0) is 31.9 Å². The Balaban J connectivity index is 2.20. The fourth-order valence-electron chi connectivity index (χ4n) is 1.72. The predicted molar refractivity (Wildman–Crippen MR) is 60.1 cm³/mol. The summed E-state index contributed by atoms with van der Waals surface area (Å²) in [5.41, 5.74) is 3.39. The minimum absolute atomic E-state index is 0.798. The van der Waals surface area contributed by atoms with Gasteiger partial charge >= 0.3 is 0 Å². The smallest absolute Gasteiger partial charge is 0.137 e. The van der Waals surface area contributed by atoms with Gasteiger partial charge in [0.15, 0.2) is 0 Å². The lowest BCUT2D eigenvalue weighted by atomic mass is 10.2. The molecule has 0 atom stereocenters. The van der Waals surface area contributed by atoms with Gasteiger partial charge < -0.3 is 9.14 Å². The van der Waals surface area contributed by atoms with Crippen LogP contribution in [0.25, 0.3) is 5.65 Å². The monoisotopic (exact) mass is 204 g/mol.